The number of benzene rings is 1. The lowest BCUT2D eigenvalue weighted by atomic mass is 10.1. The minimum absolute atomic E-state index is 0.00144. The van der Waals surface area contributed by atoms with Gasteiger partial charge in [0, 0.05) is 23.1 Å². The molecule has 1 saturated carbocycles. The van der Waals surface area contributed by atoms with Gasteiger partial charge in [-0.05, 0) is 75.6 Å². The Morgan fingerprint density at radius 2 is 1.77 bits per heavy atom. The molecule has 1 saturated heterocycles. The first kappa shape index (κ1) is 20.9. The highest BCUT2D eigenvalue weighted by atomic mass is 16.5. The van der Waals surface area contributed by atoms with Crippen molar-refractivity contribution in [1.82, 2.24) is 14.8 Å². The standard InChI is InChI=1S/C24H27N3O4/c1-4-31-20-11-9-19(10-12-20)26-15(2)13-17(16(26)3)14-21-22(28)25-24(30)27(23(21)29)18-7-5-6-8-18/h9-14,18H,4-8H2,1-3H3,(H,25,28,30)/b21-14-. The van der Waals surface area contributed by atoms with E-state index in [1.54, 1.807) is 6.08 Å². The number of aryl methyl sites for hydroxylation is 1. The maximum Gasteiger partial charge on any atom is 0.331 e. The van der Waals surface area contributed by atoms with Gasteiger partial charge in [-0.1, -0.05) is 12.8 Å². The first-order valence-corrected chi connectivity index (χ1v) is 10.7. The monoisotopic (exact) mass is 421 g/mol. The summed E-state index contributed by atoms with van der Waals surface area (Å²) in [6.45, 7) is 6.47. The first-order chi connectivity index (χ1) is 14.9. The molecular weight excluding hydrogens is 394 g/mol. The fourth-order valence-electron chi connectivity index (χ4n) is 4.51. The molecule has 4 amide bonds. The second-order valence-corrected chi connectivity index (χ2v) is 8.02. The predicted molar refractivity (Wildman–Crippen MR) is 117 cm³/mol. The van der Waals surface area contributed by atoms with Crippen molar-refractivity contribution in [3.8, 4) is 11.4 Å². The van der Waals surface area contributed by atoms with E-state index in [0.717, 1.165) is 54.1 Å². The quantitative estimate of drug-likeness (QED) is 0.587. The van der Waals surface area contributed by atoms with Gasteiger partial charge in [0.15, 0.2) is 0 Å². The summed E-state index contributed by atoms with van der Waals surface area (Å²) < 4.78 is 7.58. The Morgan fingerprint density at radius 3 is 2.42 bits per heavy atom. The van der Waals surface area contributed by atoms with Gasteiger partial charge >= 0.3 is 6.03 Å². The average Bonchev–Trinajstić information content (AvgIpc) is 3.34. The van der Waals surface area contributed by atoms with E-state index in [1.165, 1.54) is 4.90 Å². The summed E-state index contributed by atoms with van der Waals surface area (Å²) in [5, 5.41) is 2.34. The van der Waals surface area contributed by atoms with Crippen LogP contribution < -0.4 is 10.1 Å². The van der Waals surface area contributed by atoms with E-state index in [9.17, 15) is 14.4 Å². The molecule has 1 aliphatic heterocycles. The minimum atomic E-state index is -0.643. The largest absolute Gasteiger partial charge is 0.494 e. The molecule has 0 atom stereocenters. The number of barbiturate groups is 1. The van der Waals surface area contributed by atoms with Crippen LogP contribution in [0, 0.1) is 13.8 Å². The van der Waals surface area contributed by atoms with Crippen LogP contribution in [0.1, 0.15) is 49.6 Å². The number of hydrogen-bond acceptors (Lipinski definition) is 4. The summed E-state index contributed by atoms with van der Waals surface area (Å²) in [5.74, 6) is -0.348. The van der Waals surface area contributed by atoms with Crippen molar-refractivity contribution in [3.05, 3.63) is 52.9 Å². The van der Waals surface area contributed by atoms with Crippen LogP contribution in [0.25, 0.3) is 11.8 Å². The molecule has 0 unspecified atom stereocenters. The molecule has 2 aromatic rings. The molecule has 1 aromatic heterocycles. The molecule has 0 spiro atoms. The lowest BCUT2D eigenvalue weighted by Crippen LogP contribution is -2.57. The SMILES string of the molecule is CCOc1ccc(-n2c(C)cc(/C=C3/C(=O)NC(=O)N(C4CCCC4)C3=O)c2C)cc1. The number of nitrogens with zero attached hydrogens (tertiary/aromatic N) is 2. The Kier molecular flexibility index (Phi) is 5.67. The van der Waals surface area contributed by atoms with Crippen molar-refractivity contribution in [2.75, 3.05) is 6.61 Å². The number of hydrogen-bond donors (Lipinski definition) is 1. The van der Waals surface area contributed by atoms with E-state index in [1.807, 2.05) is 51.1 Å². The number of urea groups is 1. The summed E-state index contributed by atoms with van der Waals surface area (Å²) in [6, 6.07) is 8.97. The van der Waals surface area contributed by atoms with Crippen LogP contribution in [0.2, 0.25) is 0 Å². The Bertz CT molecular complexity index is 1060. The highest BCUT2D eigenvalue weighted by Crippen LogP contribution is 2.29. The highest BCUT2D eigenvalue weighted by Gasteiger charge is 2.40. The molecule has 4 rings (SSSR count). The van der Waals surface area contributed by atoms with Gasteiger partial charge in [-0.2, -0.15) is 0 Å². The number of amides is 4. The van der Waals surface area contributed by atoms with E-state index < -0.39 is 17.8 Å². The highest BCUT2D eigenvalue weighted by molar-refractivity contribution is 6.31. The molecule has 162 valence electrons. The van der Waals surface area contributed by atoms with Gasteiger partial charge in [0.05, 0.1) is 6.61 Å². The van der Waals surface area contributed by atoms with Crippen molar-refractivity contribution in [2.45, 2.75) is 52.5 Å². The maximum atomic E-state index is 13.1. The van der Waals surface area contributed by atoms with Gasteiger partial charge in [0.2, 0.25) is 0 Å². The molecule has 1 N–H and O–H groups in total. The van der Waals surface area contributed by atoms with Crippen LogP contribution in [0.4, 0.5) is 4.79 Å². The predicted octanol–water partition coefficient (Wildman–Crippen LogP) is 3.90. The van der Waals surface area contributed by atoms with Gasteiger partial charge in [-0.3, -0.25) is 19.8 Å². The van der Waals surface area contributed by atoms with Gasteiger partial charge < -0.3 is 9.30 Å². The zero-order chi connectivity index (χ0) is 22.1. The number of carbonyl (C=O) groups excluding carboxylic acids is 3. The number of ether oxygens (including phenoxy) is 1. The van der Waals surface area contributed by atoms with Gasteiger partial charge in [-0.25, -0.2) is 4.79 Å². The Morgan fingerprint density at radius 1 is 1.10 bits per heavy atom. The third kappa shape index (κ3) is 3.87. The number of nitrogens with one attached hydrogen (secondary N) is 1. The number of carbonyl (C=O) groups is 3. The lowest BCUT2D eigenvalue weighted by molar-refractivity contribution is -0.131. The van der Waals surface area contributed by atoms with Crippen LogP contribution in [0.3, 0.4) is 0 Å². The van der Waals surface area contributed by atoms with Gasteiger partial charge in [-0.15, -0.1) is 0 Å². The zero-order valence-corrected chi connectivity index (χ0v) is 18.1. The summed E-state index contributed by atoms with van der Waals surface area (Å²) in [7, 11) is 0. The van der Waals surface area contributed by atoms with E-state index >= 15 is 0 Å². The van der Waals surface area contributed by atoms with Crippen molar-refractivity contribution in [3.63, 3.8) is 0 Å². The fraction of sp³-hybridized carbons (Fsp3) is 0.375. The average molecular weight is 421 g/mol. The fourth-order valence-corrected chi connectivity index (χ4v) is 4.51. The molecule has 31 heavy (non-hydrogen) atoms. The molecule has 2 fully saturated rings. The number of aromatic nitrogens is 1. The molecule has 0 bridgehead atoms. The van der Waals surface area contributed by atoms with Crippen LogP contribution in [0.15, 0.2) is 35.9 Å². The summed E-state index contributed by atoms with van der Waals surface area (Å²) >= 11 is 0. The van der Waals surface area contributed by atoms with Gasteiger partial charge in [0.25, 0.3) is 11.8 Å². The van der Waals surface area contributed by atoms with Gasteiger partial charge in [0.1, 0.15) is 11.3 Å². The van der Waals surface area contributed by atoms with Crippen molar-refractivity contribution in [2.24, 2.45) is 0 Å². The summed E-state index contributed by atoms with van der Waals surface area (Å²) in [5.41, 5.74) is 3.61. The van der Waals surface area contributed by atoms with Crippen LogP contribution in [-0.4, -0.2) is 40.0 Å². The van der Waals surface area contributed by atoms with Crippen molar-refractivity contribution in [1.29, 1.82) is 0 Å². The van der Waals surface area contributed by atoms with Crippen LogP contribution >= 0.6 is 0 Å². The van der Waals surface area contributed by atoms with E-state index in [0.29, 0.717) is 6.61 Å². The third-order valence-corrected chi connectivity index (χ3v) is 6.00. The van der Waals surface area contributed by atoms with Crippen molar-refractivity contribution < 1.29 is 19.1 Å². The Balaban J connectivity index is 1.68. The molecule has 2 aliphatic rings. The molecular formula is C24H27N3O4. The number of rotatable bonds is 5. The molecule has 1 aliphatic carbocycles. The lowest BCUT2D eigenvalue weighted by Gasteiger charge is -2.31. The molecule has 7 nitrogen and oxygen atoms in total. The molecule has 0 radical (unpaired) electrons. The minimum Gasteiger partial charge on any atom is -0.494 e. The normalized spacial score (nSPS) is 18.7. The second kappa shape index (κ2) is 8.41. The van der Waals surface area contributed by atoms with E-state index in [2.05, 4.69) is 9.88 Å². The Hall–Kier alpha value is -3.35. The second-order valence-electron chi connectivity index (χ2n) is 8.02. The zero-order valence-electron chi connectivity index (χ0n) is 18.1. The Labute approximate surface area is 181 Å². The van der Waals surface area contributed by atoms with Crippen molar-refractivity contribution >= 4 is 23.9 Å². The molecule has 2 heterocycles. The third-order valence-electron chi connectivity index (χ3n) is 6.00. The molecule has 7 heteroatoms. The van der Waals surface area contributed by atoms with Crippen LogP contribution in [-0.2, 0) is 9.59 Å². The van der Waals surface area contributed by atoms with Crippen LogP contribution in [0.5, 0.6) is 5.75 Å². The van der Waals surface area contributed by atoms with E-state index in [-0.39, 0.29) is 11.6 Å². The molecule has 1 aromatic carbocycles. The maximum absolute atomic E-state index is 13.1. The van der Waals surface area contributed by atoms with E-state index in [4.69, 9.17) is 4.74 Å². The topological polar surface area (TPSA) is 80.6 Å². The first-order valence-electron chi connectivity index (χ1n) is 10.7. The smallest absolute Gasteiger partial charge is 0.331 e. The summed E-state index contributed by atoms with van der Waals surface area (Å²) in [4.78, 5) is 39.1. The summed E-state index contributed by atoms with van der Waals surface area (Å²) in [6.07, 6.45) is 5.13. The number of imide groups is 2.